The van der Waals surface area contributed by atoms with Gasteiger partial charge in [-0.25, -0.2) is 0 Å². The highest BCUT2D eigenvalue weighted by molar-refractivity contribution is 5.79. The molecule has 2 aliphatic heterocycles. The topological polar surface area (TPSA) is 23.6 Å². The first kappa shape index (κ1) is 16.0. The van der Waals surface area contributed by atoms with Gasteiger partial charge in [-0.05, 0) is 43.7 Å². The number of rotatable bonds is 4. The summed E-state index contributed by atoms with van der Waals surface area (Å²) in [5.41, 5.74) is 3.27. The zero-order valence-electron chi connectivity index (χ0n) is 15.0. The molecule has 1 spiro atoms. The van der Waals surface area contributed by atoms with Crippen molar-refractivity contribution in [3.63, 3.8) is 0 Å². The van der Waals surface area contributed by atoms with Crippen LogP contribution in [0.15, 0.2) is 24.3 Å². The average Bonchev–Trinajstić information content (AvgIpc) is 2.86. The molecule has 24 heavy (non-hydrogen) atoms. The largest absolute Gasteiger partial charge is 0.370 e. The molecule has 2 fully saturated rings. The minimum atomic E-state index is 0.279. The Balaban J connectivity index is 1.49. The molecule has 1 aromatic carbocycles. The summed E-state index contributed by atoms with van der Waals surface area (Å²) >= 11 is 0. The van der Waals surface area contributed by atoms with Crippen LogP contribution >= 0.6 is 0 Å². The first-order valence-electron chi connectivity index (χ1n) is 9.87. The summed E-state index contributed by atoms with van der Waals surface area (Å²) in [4.78, 5) is 17.3. The molecule has 1 saturated heterocycles. The van der Waals surface area contributed by atoms with E-state index in [1.807, 2.05) is 0 Å². The lowest BCUT2D eigenvalue weighted by atomic mass is 9.73. The second kappa shape index (κ2) is 6.42. The first-order valence-corrected chi connectivity index (χ1v) is 9.87. The van der Waals surface area contributed by atoms with Crippen LogP contribution in [-0.2, 0) is 10.2 Å². The minimum absolute atomic E-state index is 0.279. The Morgan fingerprint density at radius 1 is 1.21 bits per heavy atom. The van der Waals surface area contributed by atoms with E-state index in [4.69, 9.17) is 0 Å². The Labute approximate surface area is 146 Å². The van der Waals surface area contributed by atoms with Crippen molar-refractivity contribution in [1.82, 2.24) is 4.90 Å². The zero-order chi connectivity index (χ0) is 16.6. The standard InChI is InChI=1S/C21H30N2O/c1-2-3-13-23-16-21(18-9-4-5-10-19(18)23)11-14-22(15-12-21)20(24)17-7-6-8-17/h4-5,9-10,17H,2-3,6-8,11-16H2,1H3. The Kier molecular flexibility index (Phi) is 4.28. The number of hydrogen-bond acceptors (Lipinski definition) is 2. The van der Waals surface area contributed by atoms with Crippen LogP contribution in [0.1, 0.15) is 57.4 Å². The Morgan fingerprint density at radius 3 is 2.62 bits per heavy atom. The van der Waals surface area contributed by atoms with Crippen molar-refractivity contribution in [2.45, 2.75) is 57.3 Å². The number of unbranched alkanes of at least 4 members (excludes halogenated alkanes) is 1. The summed E-state index contributed by atoms with van der Waals surface area (Å²) in [5.74, 6) is 0.779. The monoisotopic (exact) mass is 326 g/mol. The van der Waals surface area contributed by atoms with Crippen LogP contribution in [0.25, 0.3) is 0 Å². The number of amides is 1. The maximum Gasteiger partial charge on any atom is 0.225 e. The third kappa shape index (κ3) is 2.62. The number of para-hydroxylation sites is 1. The summed E-state index contributed by atoms with van der Waals surface area (Å²) < 4.78 is 0. The van der Waals surface area contributed by atoms with E-state index in [9.17, 15) is 4.79 Å². The number of piperidine rings is 1. The van der Waals surface area contributed by atoms with Crippen LogP contribution in [-0.4, -0.2) is 37.0 Å². The van der Waals surface area contributed by atoms with Gasteiger partial charge < -0.3 is 9.80 Å². The van der Waals surface area contributed by atoms with E-state index < -0.39 is 0 Å². The molecule has 1 saturated carbocycles. The van der Waals surface area contributed by atoms with Crippen molar-refractivity contribution in [2.24, 2.45) is 5.92 Å². The van der Waals surface area contributed by atoms with Crippen molar-refractivity contribution in [2.75, 3.05) is 31.1 Å². The smallest absolute Gasteiger partial charge is 0.225 e. The Bertz CT molecular complexity index is 600. The van der Waals surface area contributed by atoms with E-state index in [2.05, 4.69) is 41.0 Å². The third-order valence-corrected chi connectivity index (χ3v) is 6.58. The second-order valence-electron chi connectivity index (χ2n) is 8.03. The van der Waals surface area contributed by atoms with Crippen molar-refractivity contribution in [1.29, 1.82) is 0 Å². The Morgan fingerprint density at radius 2 is 1.96 bits per heavy atom. The molecule has 0 atom stereocenters. The number of fused-ring (bicyclic) bond motifs is 2. The van der Waals surface area contributed by atoms with E-state index in [1.165, 1.54) is 37.1 Å². The minimum Gasteiger partial charge on any atom is -0.370 e. The number of nitrogens with zero attached hydrogens (tertiary/aromatic N) is 2. The van der Waals surface area contributed by atoms with Gasteiger partial charge in [0, 0.05) is 43.2 Å². The number of hydrogen-bond donors (Lipinski definition) is 0. The van der Waals surface area contributed by atoms with Crippen LogP contribution in [0.3, 0.4) is 0 Å². The number of carbonyl (C=O) groups excluding carboxylic acids is 1. The van der Waals surface area contributed by atoms with E-state index in [1.54, 1.807) is 0 Å². The van der Waals surface area contributed by atoms with Gasteiger partial charge in [-0.3, -0.25) is 4.79 Å². The third-order valence-electron chi connectivity index (χ3n) is 6.58. The van der Waals surface area contributed by atoms with Gasteiger partial charge in [0.1, 0.15) is 0 Å². The van der Waals surface area contributed by atoms with Crippen molar-refractivity contribution in [3.8, 4) is 0 Å². The van der Waals surface area contributed by atoms with Gasteiger partial charge in [-0.2, -0.15) is 0 Å². The van der Waals surface area contributed by atoms with Crippen LogP contribution < -0.4 is 4.90 Å². The molecule has 130 valence electrons. The zero-order valence-corrected chi connectivity index (χ0v) is 15.0. The van der Waals surface area contributed by atoms with Gasteiger partial charge in [-0.1, -0.05) is 38.0 Å². The Hall–Kier alpha value is -1.51. The van der Waals surface area contributed by atoms with E-state index in [0.717, 1.165) is 45.3 Å². The van der Waals surface area contributed by atoms with Crippen molar-refractivity contribution in [3.05, 3.63) is 29.8 Å². The molecular formula is C21H30N2O. The van der Waals surface area contributed by atoms with Crippen LogP contribution in [0.2, 0.25) is 0 Å². The van der Waals surface area contributed by atoms with Gasteiger partial charge in [0.05, 0.1) is 0 Å². The molecule has 4 rings (SSSR count). The van der Waals surface area contributed by atoms with E-state index in [0.29, 0.717) is 11.8 Å². The highest BCUT2D eigenvalue weighted by atomic mass is 16.2. The molecule has 3 nitrogen and oxygen atoms in total. The molecule has 0 radical (unpaired) electrons. The summed E-state index contributed by atoms with van der Waals surface area (Å²) in [6.07, 6.45) is 8.25. The molecule has 1 aliphatic carbocycles. The predicted octanol–water partition coefficient (Wildman–Crippen LogP) is 3.97. The number of carbonyl (C=O) groups is 1. The highest BCUT2D eigenvalue weighted by Gasteiger charge is 2.45. The fraction of sp³-hybridized carbons (Fsp3) is 0.667. The lowest BCUT2D eigenvalue weighted by molar-refractivity contribution is -0.139. The summed E-state index contributed by atoms with van der Waals surface area (Å²) in [5, 5.41) is 0. The molecule has 3 heteroatoms. The molecule has 2 heterocycles. The first-order chi connectivity index (χ1) is 11.7. The van der Waals surface area contributed by atoms with Crippen LogP contribution in [0.4, 0.5) is 5.69 Å². The van der Waals surface area contributed by atoms with Crippen molar-refractivity contribution >= 4 is 11.6 Å². The lowest BCUT2D eigenvalue weighted by Gasteiger charge is -2.42. The molecule has 3 aliphatic rings. The van der Waals surface area contributed by atoms with Gasteiger partial charge in [0.25, 0.3) is 0 Å². The van der Waals surface area contributed by atoms with E-state index >= 15 is 0 Å². The molecule has 0 N–H and O–H groups in total. The highest BCUT2D eigenvalue weighted by Crippen LogP contribution is 2.47. The summed E-state index contributed by atoms with van der Waals surface area (Å²) in [6, 6.07) is 9.00. The molecule has 0 bridgehead atoms. The van der Waals surface area contributed by atoms with Crippen LogP contribution in [0, 0.1) is 5.92 Å². The normalized spacial score (nSPS) is 22.5. The maximum absolute atomic E-state index is 12.6. The quantitative estimate of drug-likeness (QED) is 0.836. The molecule has 0 unspecified atom stereocenters. The summed E-state index contributed by atoms with van der Waals surface area (Å²) in [7, 11) is 0. The maximum atomic E-state index is 12.6. The number of benzene rings is 1. The molecule has 1 amide bonds. The van der Waals surface area contributed by atoms with E-state index in [-0.39, 0.29) is 5.41 Å². The number of anilines is 1. The molecular weight excluding hydrogens is 296 g/mol. The molecule has 0 aromatic heterocycles. The van der Waals surface area contributed by atoms with Gasteiger partial charge in [-0.15, -0.1) is 0 Å². The SMILES string of the molecule is CCCCN1CC2(CCN(C(=O)C3CCC3)CC2)c2ccccc21. The fourth-order valence-corrected chi connectivity index (χ4v) is 4.78. The lowest BCUT2D eigenvalue weighted by Crippen LogP contribution is -2.49. The van der Waals surface area contributed by atoms with Gasteiger partial charge >= 0.3 is 0 Å². The van der Waals surface area contributed by atoms with Crippen molar-refractivity contribution < 1.29 is 4.79 Å². The molecule has 1 aromatic rings. The van der Waals surface area contributed by atoms with Crippen LogP contribution in [0.5, 0.6) is 0 Å². The van der Waals surface area contributed by atoms with Gasteiger partial charge in [0.15, 0.2) is 0 Å². The summed E-state index contributed by atoms with van der Waals surface area (Å²) in [6.45, 7) is 6.48. The average molecular weight is 326 g/mol. The fourth-order valence-electron chi connectivity index (χ4n) is 4.78. The number of likely N-dealkylation sites (tertiary alicyclic amines) is 1. The second-order valence-corrected chi connectivity index (χ2v) is 8.03. The predicted molar refractivity (Wildman–Crippen MR) is 98.4 cm³/mol. The van der Waals surface area contributed by atoms with Gasteiger partial charge in [0.2, 0.25) is 5.91 Å².